The summed E-state index contributed by atoms with van der Waals surface area (Å²) >= 11 is 0. The number of nitrogens with two attached hydrogens (primary N) is 2. The van der Waals surface area contributed by atoms with E-state index in [-0.39, 0.29) is 18.9 Å². The summed E-state index contributed by atoms with van der Waals surface area (Å²) in [7, 11) is 0. The molecule has 34 heavy (non-hydrogen) atoms. The second kappa shape index (κ2) is 11.9. The first-order valence-corrected chi connectivity index (χ1v) is 11.1. The van der Waals surface area contributed by atoms with E-state index >= 15 is 0 Å². The third-order valence-electron chi connectivity index (χ3n) is 5.38. The average Bonchev–Trinajstić information content (AvgIpc) is 2.82. The summed E-state index contributed by atoms with van der Waals surface area (Å²) in [5.41, 5.74) is 9.74. The average molecular weight is 466 g/mol. The molecule has 0 bridgehead atoms. The number of fused-ring (bicyclic) bond motifs is 1. The Kier molecular flexibility index (Phi) is 8.66. The lowest BCUT2D eigenvalue weighted by Crippen LogP contribution is -2.42. The lowest BCUT2D eigenvalue weighted by Gasteiger charge is -2.26. The zero-order chi connectivity index (χ0) is 24.5. The highest BCUT2D eigenvalue weighted by Crippen LogP contribution is 2.20. The van der Waals surface area contributed by atoms with Gasteiger partial charge < -0.3 is 20.8 Å². The second-order valence-electron chi connectivity index (χ2n) is 8.16. The molecule has 0 aliphatic heterocycles. The van der Waals surface area contributed by atoms with E-state index in [0.717, 1.165) is 29.2 Å². The number of nitrogens with zero attached hydrogens (tertiary/aromatic N) is 1. The minimum atomic E-state index is -0.554. The Bertz CT molecular complexity index is 1130. The molecule has 0 saturated carbocycles. The normalized spacial score (nSPS) is 14.6. The molecule has 0 heterocycles. The van der Waals surface area contributed by atoms with Crippen molar-refractivity contribution in [2.75, 3.05) is 6.61 Å². The number of carbonyl (C=O) groups excluding carboxylic acids is 2. The van der Waals surface area contributed by atoms with E-state index in [1.54, 1.807) is 5.48 Å². The lowest BCUT2D eigenvalue weighted by atomic mass is 9.99. The Morgan fingerprint density at radius 3 is 2.65 bits per heavy atom. The molecule has 1 aliphatic rings. The molecule has 0 spiro atoms. The number of hydrogen-bond donors (Lipinski definition) is 5. The molecule has 0 aromatic heterocycles. The molecule has 1 atom stereocenters. The van der Waals surface area contributed by atoms with E-state index in [0.29, 0.717) is 23.6 Å². The number of allylic oxidation sites excluding steroid dienone is 2. The van der Waals surface area contributed by atoms with E-state index in [9.17, 15) is 9.59 Å². The number of carbonyl (C=O) groups is 2. The van der Waals surface area contributed by atoms with Crippen LogP contribution in [0.5, 0.6) is 0 Å². The van der Waals surface area contributed by atoms with Gasteiger partial charge in [-0.25, -0.2) is 11.3 Å². The number of hydrogen-bond acceptors (Lipinski definition) is 7. The molecule has 9 nitrogen and oxygen atoms in total. The van der Waals surface area contributed by atoms with Crippen LogP contribution in [0, 0.1) is 0 Å². The van der Waals surface area contributed by atoms with Crippen molar-refractivity contribution in [1.82, 2.24) is 15.8 Å². The van der Waals surface area contributed by atoms with Crippen molar-refractivity contribution in [3.63, 3.8) is 0 Å². The first-order valence-electron chi connectivity index (χ1n) is 11.1. The number of ether oxygens (including phenoxy) is 1. The van der Waals surface area contributed by atoms with Gasteiger partial charge in [0.2, 0.25) is 11.8 Å². The largest absolute Gasteiger partial charge is 0.486 e. The van der Waals surface area contributed by atoms with E-state index in [4.69, 9.17) is 21.5 Å². The molecule has 2 aromatic carbocycles. The van der Waals surface area contributed by atoms with Gasteiger partial charge in [0.05, 0.1) is 23.9 Å². The Balaban J connectivity index is 1.69. The number of hydroxylamine groups is 1. The van der Waals surface area contributed by atoms with Crippen molar-refractivity contribution >= 4 is 22.6 Å². The fraction of sp³-hybridized carbons (Fsp3) is 0.280. The van der Waals surface area contributed by atoms with Crippen molar-refractivity contribution in [3.8, 4) is 0 Å². The van der Waals surface area contributed by atoms with Crippen LogP contribution in [-0.4, -0.2) is 34.7 Å². The van der Waals surface area contributed by atoms with Crippen LogP contribution in [-0.2, 0) is 20.7 Å². The van der Waals surface area contributed by atoms with Crippen LogP contribution in [0.2, 0.25) is 0 Å². The number of amides is 2. The maximum absolute atomic E-state index is 11.9. The van der Waals surface area contributed by atoms with Crippen LogP contribution in [0.3, 0.4) is 0 Å². The first kappa shape index (κ1) is 24.8. The van der Waals surface area contributed by atoms with Gasteiger partial charge in [0.1, 0.15) is 12.4 Å². The van der Waals surface area contributed by atoms with Crippen LogP contribution >= 0.6 is 0 Å². The van der Waals surface area contributed by atoms with Crippen molar-refractivity contribution in [3.05, 3.63) is 83.5 Å². The maximum Gasteiger partial charge on any atom is 0.245 e. The van der Waals surface area contributed by atoms with Gasteiger partial charge in [-0.15, -0.1) is 0 Å². The minimum absolute atomic E-state index is 0.0367. The van der Waals surface area contributed by atoms with Crippen molar-refractivity contribution in [2.45, 2.75) is 38.6 Å². The van der Waals surface area contributed by atoms with Gasteiger partial charge in [0.15, 0.2) is 0 Å². The van der Waals surface area contributed by atoms with Gasteiger partial charge in [-0.3, -0.25) is 14.8 Å². The quantitative estimate of drug-likeness (QED) is 0.206. The van der Waals surface area contributed by atoms with Gasteiger partial charge in [-0.1, -0.05) is 48.5 Å². The van der Waals surface area contributed by atoms with Gasteiger partial charge in [-0.05, 0) is 41.7 Å². The number of hydrazine groups is 1. The first-order chi connectivity index (χ1) is 16.4. The molecular weight excluding hydrogens is 434 g/mol. The maximum atomic E-state index is 11.9. The molecule has 2 amide bonds. The molecule has 2 aromatic rings. The van der Waals surface area contributed by atoms with Gasteiger partial charge in [-0.2, -0.15) is 0 Å². The Morgan fingerprint density at radius 1 is 1.18 bits per heavy atom. The zero-order valence-corrected chi connectivity index (χ0v) is 19.2. The van der Waals surface area contributed by atoms with Crippen LogP contribution in [0.15, 0.2) is 78.0 Å². The van der Waals surface area contributed by atoms with Gasteiger partial charge >= 0.3 is 0 Å². The van der Waals surface area contributed by atoms with E-state index < -0.39 is 11.9 Å². The van der Waals surface area contributed by atoms with Crippen LogP contribution in [0.1, 0.15) is 31.7 Å². The second-order valence-corrected chi connectivity index (χ2v) is 8.16. The lowest BCUT2D eigenvalue weighted by molar-refractivity contribution is -0.130. The molecule has 7 N–H and O–H groups in total. The van der Waals surface area contributed by atoms with Crippen molar-refractivity contribution < 1.29 is 19.5 Å². The highest BCUT2D eigenvalue weighted by molar-refractivity contribution is 5.83. The number of rotatable bonds is 10. The predicted molar refractivity (Wildman–Crippen MR) is 129 cm³/mol. The molecule has 0 radical (unpaired) electrons. The summed E-state index contributed by atoms with van der Waals surface area (Å²) in [5, 5.41) is 15.3. The predicted octanol–water partition coefficient (Wildman–Crippen LogP) is 2.34. The molecule has 0 saturated heterocycles. The number of nitrogens with one attached hydrogen (secondary N) is 2. The third kappa shape index (κ3) is 7.09. The highest BCUT2D eigenvalue weighted by atomic mass is 16.5. The van der Waals surface area contributed by atoms with E-state index in [2.05, 4.69) is 11.4 Å². The SMILES string of the molecule is CC(=O)NC1=CCCC=C1OC/C(N)=C/N(N)C(CC(=O)NO)Cc1ccc2ccccc2c1. The summed E-state index contributed by atoms with van der Waals surface area (Å²) in [6, 6.07) is 13.6. The summed E-state index contributed by atoms with van der Waals surface area (Å²) < 4.78 is 5.79. The molecule has 1 aliphatic carbocycles. The summed E-state index contributed by atoms with van der Waals surface area (Å²) in [6.45, 7) is 1.48. The van der Waals surface area contributed by atoms with Crippen LogP contribution in [0.4, 0.5) is 0 Å². The summed E-state index contributed by atoms with van der Waals surface area (Å²) in [4.78, 5) is 23.3. The summed E-state index contributed by atoms with van der Waals surface area (Å²) in [6.07, 6.45) is 7.35. The van der Waals surface area contributed by atoms with Crippen LogP contribution in [0.25, 0.3) is 10.8 Å². The monoisotopic (exact) mass is 465 g/mol. The fourth-order valence-corrected chi connectivity index (χ4v) is 3.77. The van der Waals surface area contributed by atoms with Gasteiger partial charge in [0.25, 0.3) is 0 Å². The van der Waals surface area contributed by atoms with Crippen molar-refractivity contribution in [1.29, 1.82) is 0 Å². The third-order valence-corrected chi connectivity index (χ3v) is 5.38. The fourth-order valence-electron chi connectivity index (χ4n) is 3.77. The molecule has 9 heteroatoms. The molecular formula is C25H31N5O4. The van der Waals surface area contributed by atoms with E-state index in [1.165, 1.54) is 18.1 Å². The van der Waals surface area contributed by atoms with Crippen molar-refractivity contribution in [2.24, 2.45) is 11.6 Å². The molecule has 1 unspecified atom stereocenters. The topological polar surface area (TPSA) is 143 Å². The smallest absolute Gasteiger partial charge is 0.245 e. The minimum Gasteiger partial charge on any atom is -0.486 e. The highest BCUT2D eigenvalue weighted by Gasteiger charge is 2.19. The summed E-state index contributed by atoms with van der Waals surface area (Å²) in [5.74, 6) is 6.07. The standard InChI is InChI=1S/C25H31N5O4/c1-17(31)28-23-8-4-5-9-24(23)34-16-21(26)15-30(27)22(14-25(32)29-33)13-18-10-11-19-6-2-3-7-20(19)12-18/h2-3,6-12,15,22,33H,4-5,13-14,16,26-27H2,1H3,(H,28,31)(H,29,32)/b21-15-. The zero-order valence-electron chi connectivity index (χ0n) is 19.2. The molecule has 0 fully saturated rings. The molecule has 3 rings (SSSR count). The van der Waals surface area contributed by atoms with Gasteiger partial charge in [0, 0.05) is 13.1 Å². The van der Waals surface area contributed by atoms with E-state index in [1.807, 2.05) is 48.6 Å². The Labute approximate surface area is 198 Å². The Morgan fingerprint density at radius 2 is 1.91 bits per heavy atom. The van der Waals surface area contributed by atoms with Crippen LogP contribution < -0.4 is 22.4 Å². The Hall–Kier alpha value is -3.82. The number of benzene rings is 2. The molecule has 180 valence electrons.